The minimum Gasteiger partial charge on any atom is -0.378 e. The van der Waals surface area contributed by atoms with Gasteiger partial charge in [-0.1, -0.05) is 6.07 Å². The van der Waals surface area contributed by atoms with Crippen molar-refractivity contribution in [2.75, 3.05) is 26.3 Å². The smallest absolute Gasteiger partial charge is 0.254 e. The Kier molecular flexibility index (Phi) is 5.40. The molecule has 1 N–H and O–H groups in total. The van der Waals surface area contributed by atoms with Crippen molar-refractivity contribution in [1.29, 1.82) is 0 Å². The van der Waals surface area contributed by atoms with Crippen LogP contribution in [0.25, 0.3) is 0 Å². The highest BCUT2D eigenvalue weighted by Crippen LogP contribution is 2.18. The normalized spacial score (nSPS) is 16.5. The molecule has 2 heterocycles. The van der Waals surface area contributed by atoms with Crippen LogP contribution in [0, 0.1) is 0 Å². The molecule has 140 valence electrons. The van der Waals surface area contributed by atoms with E-state index in [0.717, 1.165) is 5.56 Å². The van der Waals surface area contributed by atoms with E-state index >= 15 is 0 Å². The first-order valence-corrected chi connectivity index (χ1v) is 9.83. The van der Waals surface area contributed by atoms with Crippen molar-refractivity contribution in [3.63, 3.8) is 0 Å². The van der Waals surface area contributed by atoms with E-state index < -0.39 is 16.1 Å². The van der Waals surface area contributed by atoms with Gasteiger partial charge in [-0.3, -0.25) is 9.48 Å². The third-order valence-electron chi connectivity index (χ3n) is 4.25. The molecule has 2 aromatic rings. The van der Waals surface area contributed by atoms with Crippen LogP contribution in [0.4, 0.5) is 0 Å². The number of ether oxygens (including phenoxy) is 1. The lowest BCUT2D eigenvalue weighted by atomic mass is 10.2. The first kappa shape index (κ1) is 18.6. The molecule has 1 atom stereocenters. The van der Waals surface area contributed by atoms with Crippen LogP contribution in [-0.2, 0) is 21.8 Å². The van der Waals surface area contributed by atoms with Crippen molar-refractivity contribution >= 4 is 15.9 Å². The van der Waals surface area contributed by atoms with Crippen LogP contribution >= 0.6 is 0 Å². The molecule has 0 aliphatic carbocycles. The quantitative estimate of drug-likeness (QED) is 0.835. The summed E-state index contributed by atoms with van der Waals surface area (Å²) in [6.07, 6.45) is 3.37. The van der Waals surface area contributed by atoms with Gasteiger partial charge in [-0.05, 0) is 25.1 Å². The van der Waals surface area contributed by atoms with Gasteiger partial charge in [-0.2, -0.15) is 5.10 Å². The zero-order valence-corrected chi connectivity index (χ0v) is 15.6. The molecule has 9 heteroatoms. The molecule has 0 radical (unpaired) electrons. The van der Waals surface area contributed by atoms with Crippen molar-refractivity contribution in [2.24, 2.45) is 7.05 Å². The lowest BCUT2D eigenvalue weighted by Gasteiger charge is -2.27. The van der Waals surface area contributed by atoms with E-state index in [1.165, 1.54) is 12.1 Å². The van der Waals surface area contributed by atoms with E-state index in [1.54, 1.807) is 48.1 Å². The number of nitrogens with zero attached hydrogens (tertiary/aromatic N) is 3. The number of hydrogen-bond donors (Lipinski definition) is 1. The topological polar surface area (TPSA) is 93.5 Å². The van der Waals surface area contributed by atoms with Crippen molar-refractivity contribution in [1.82, 2.24) is 19.4 Å². The molecular formula is C17H22N4O4S. The molecule has 1 aliphatic rings. The Hall–Kier alpha value is -2.23. The Morgan fingerprint density at radius 2 is 2.04 bits per heavy atom. The van der Waals surface area contributed by atoms with E-state index in [1.807, 2.05) is 0 Å². The number of morpholine rings is 1. The highest BCUT2D eigenvalue weighted by molar-refractivity contribution is 7.89. The first-order chi connectivity index (χ1) is 12.4. The van der Waals surface area contributed by atoms with Gasteiger partial charge < -0.3 is 9.64 Å². The maximum atomic E-state index is 12.7. The summed E-state index contributed by atoms with van der Waals surface area (Å²) in [5, 5.41) is 4.05. The number of aromatic nitrogens is 2. The Balaban J connectivity index is 1.78. The summed E-state index contributed by atoms with van der Waals surface area (Å²) in [5.74, 6) is -0.189. The minimum absolute atomic E-state index is 0.0624. The summed E-state index contributed by atoms with van der Waals surface area (Å²) in [7, 11) is -2.00. The van der Waals surface area contributed by atoms with Gasteiger partial charge in [0.1, 0.15) is 0 Å². The number of hydrogen-bond acceptors (Lipinski definition) is 5. The summed E-state index contributed by atoms with van der Waals surface area (Å²) < 4.78 is 34.9. The van der Waals surface area contributed by atoms with Crippen LogP contribution in [0.15, 0.2) is 41.6 Å². The fraction of sp³-hybridized carbons (Fsp3) is 0.412. The first-order valence-electron chi connectivity index (χ1n) is 8.35. The molecule has 1 aliphatic heterocycles. The molecular weight excluding hydrogens is 356 g/mol. The molecule has 1 aromatic heterocycles. The van der Waals surface area contributed by atoms with E-state index in [9.17, 15) is 13.2 Å². The molecule has 1 aromatic carbocycles. The standard InChI is InChI=1S/C17H22N4O4S/c1-13(15-11-18-20(2)12-15)19-26(23,24)16-5-3-4-14(10-16)17(22)21-6-8-25-9-7-21/h3-5,10-13,19H,6-9H2,1-2H3/t13-/m0/s1. The number of carbonyl (C=O) groups is 1. The fourth-order valence-corrected chi connectivity index (χ4v) is 4.06. The van der Waals surface area contributed by atoms with Gasteiger partial charge >= 0.3 is 0 Å². The predicted octanol–water partition coefficient (Wildman–Crippen LogP) is 0.932. The number of carbonyl (C=O) groups excluding carboxylic acids is 1. The molecule has 1 amide bonds. The molecule has 3 rings (SSSR count). The van der Waals surface area contributed by atoms with Gasteiger partial charge in [0.25, 0.3) is 5.91 Å². The second-order valence-corrected chi connectivity index (χ2v) is 7.94. The zero-order valence-electron chi connectivity index (χ0n) is 14.8. The number of benzene rings is 1. The monoisotopic (exact) mass is 378 g/mol. The number of amides is 1. The fourth-order valence-electron chi connectivity index (χ4n) is 2.78. The molecule has 1 fully saturated rings. The summed E-state index contributed by atoms with van der Waals surface area (Å²) in [4.78, 5) is 14.3. The summed E-state index contributed by atoms with van der Waals surface area (Å²) in [6, 6.07) is 5.66. The summed E-state index contributed by atoms with van der Waals surface area (Å²) in [6.45, 7) is 3.75. The molecule has 1 saturated heterocycles. The minimum atomic E-state index is -3.77. The third kappa shape index (κ3) is 4.12. The number of sulfonamides is 1. The van der Waals surface area contributed by atoms with Gasteiger partial charge in [0.2, 0.25) is 10.0 Å². The van der Waals surface area contributed by atoms with Gasteiger partial charge in [0, 0.05) is 43.5 Å². The molecule has 8 nitrogen and oxygen atoms in total. The summed E-state index contributed by atoms with van der Waals surface area (Å²) in [5.41, 5.74) is 1.11. The number of aryl methyl sites for hydroxylation is 1. The largest absolute Gasteiger partial charge is 0.378 e. The Morgan fingerprint density at radius 3 is 2.69 bits per heavy atom. The van der Waals surface area contributed by atoms with E-state index in [4.69, 9.17) is 4.74 Å². The van der Waals surface area contributed by atoms with Crippen LogP contribution in [0.3, 0.4) is 0 Å². The van der Waals surface area contributed by atoms with Crippen LogP contribution in [0.1, 0.15) is 28.9 Å². The van der Waals surface area contributed by atoms with Gasteiger partial charge in [0.15, 0.2) is 0 Å². The van der Waals surface area contributed by atoms with E-state index in [0.29, 0.717) is 31.9 Å². The van der Waals surface area contributed by atoms with Gasteiger partial charge in [0.05, 0.1) is 24.3 Å². The van der Waals surface area contributed by atoms with E-state index in [2.05, 4.69) is 9.82 Å². The van der Waals surface area contributed by atoms with Crippen molar-refractivity contribution < 1.29 is 17.9 Å². The Morgan fingerprint density at radius 1 is 1.31 bits per heavy atom. The molecule has 0 unspecified atom stereocenters. The van der Waals surface area contributed by atoms with Crippen molar-refractivity contribution in [2.45, 2.75) is 17.9 Å². The lowest BCUT2D eigenvalue weighted by Crippen LogP contribution is -2.40. The zero-order chi connectivity index (χ0) is 18.7. The van der Waals surface area contributed by atoms with Gasteiger partial charge in [-0.15, -0.1) is 0 Å². The van der Waals surface area contributed by atoms with Crippen molar-refractivity contribution in [3.05, 3.63) is 47.8 Å². The lowest BCUT2D eigenvalue weighted by molar-refractivity contribution is 0.0302. The molecule has 0 saturated carbocycles. The maximum Gasteiger partial charge on any atom is 0.254 e. The maximum absolute atomic E-state index is 12.7. The highest BCUT2D eigenvalue weighted by atomic mass is 32.2. The highest BCUT2D eigenvalue weighted by Gasteiger charge is 2.23. The van der Waals surface area contributed by atoms with E-state index in [-0.39, 0.29) is 10.8 Å². The van der Waals surface area contributed by atoms with Crippen LogP contribution in [0.2, 0.25) is 0 Å². The predicted molar refractivity (Wildman–Crippen MR) is 95.1 cm³/mol. The van der Waals surface area contributed by atoms with Crippen LogP contribution in [0.5, 0.6) is 0 Å². The van der Waals surface area contributed by atoms with Gasteiger partial charge in [-0.25, -0.2) is 13.1 Å². The van der Waals surface area contributed by atoms with Crippen LogP contribution < -0.4 is 4.72 Å². The molecule has 26 heavy (non-hydrogen) atoms. The average Bonchev–Trinajstić information content (AvgIpc) is 3.08. The third-order valence-corrected chi connectivity index (χ3v) is 5.78. The Bertz CT molecular complexity index is 888. The second kappa shape index (κ2) is 7.56. The number of rotatable bonds is 5. The van der Waals surface area contributed by atoms with Crippen LogP contribution in [-0.4, -0.2) is 55.3 Å². The van der Waals surface area contributed by atoms with Crippen molar-refractivity contribution in [3.8, 4) is 0 Å². The Labute approximate surface area is 152 Å². The second-order valence-electron chi connectivity index (χ2n) is 6.22. The molecule has 0 bridgehead atoms. The summed E-state index contributed by atoms with van der Waals surface area (Å²) >= 11 is 0. The average molecular weight is 378 g/mol. The number of nitrogens with one attached hydrogen (secondary N) is 1. The SMILES string of the molecule is C[C@H](NS(=O)(=O)c1cccc(C(=O)N2CCOCC2)c1)c1cnn(C)c1. The molecule has 0 spiro atoms.